The topological polar surface area (TPSA) is 76.1 Å². The van der Waals surface area contributed by atoms with Crippen LogP contribution in [-0.4, -0.2) is 30.7 Å². The van der Waals surface area contributed by atoms with Gasteiger partial charge in [-0.25, -0.2) is 9.18 Å². The number of hydrogen-bond donors (Lipinski definition) is 1. The van der Waals surface area contributed by atoms with Gasteiger partial charge in [0.05, 0.1) is 29.1 Å². The second-order valence-corrected chi connectivity index (χ2v) is 6.86. The number of phenolic OH excluding ortho intramolecular Hbond substituents is 1. The van der Waals surface area contributed by atoms with Gasteiger partial charge in [0.25, 0.3) is 0 Å². The third-order valence-electron chi connectivity index (χ3n) is 4.88. The molecule has 28 heavy (non-hydrogen) atoms. The molecule has 0 saturated carbocycles. The van der Waals surface area contributed by atoms with Crippen molar-refractivity contribution < 1.29 is 28.6 Å². The van der Waals surface area contributed by atoms with Crippen LogP contribution in [0.2, 0.25) is 5.02 Å². The number of phenols is 1. The lowest BCUT2D eigenvalue weighted by atomic mass is 9.84. The fraction of sp³-hybridized carbons (Fsp3) is 0.200. The number of esters is 1. The number of amides is 1. The van der Waals surface area contributed by atoms with E-state index in [1.807, 2.05) is 0 Å². The number of methoxy groups -OCH3 is 1. The molecule has 2 aliphatic rings. The Labute approximate surface area is 164 Å². The second kappa shape index (κ2) is 6.83. The van der Waals surface area contributed by atoms with E-state index in [1.165, 1.54) is 36.3 Å². The average Bonchev–Trinajstić information content (AvgIpc) is 3.05. The Morgan fingerprint density at radius 2 is 2.04 bits per heavy atom. The van der Waals surface area contributed by atoms with Crippen molar-refractivity contribution in [3.8, 4) is 11.5 Å². The van der Waals surface area contributed by atoms with E-state index in [-0.39, 0.29) is 35.5 Å². The molecule has 0 unspecified atom stereocenters. The standard InChI is InChI=1S/C20H15ClFNO5/c1-27-17-6-10(2-5-16(17)24)12-8-18(25)23(15-9-28-20(26)19(12)15)11-3-4-14(22)13(21)7-11/h2-7,12,24H,8-9H2,1H3/t12-/m1/s1. The Hall–Kier alpha value is -3.06. The summed E-state index contributed by atoms with van der Waals surface area (Å²) in [5.41, 5.74) is 1.77. The number of cyclic esters (lactones) is 1. The summed E-state index contributed by atoms with van der Waals surface area (Å²) < 4.78 is 23.8. The normalized spacial score (nSPS) is 19.0. The fourth-order valence-corrected chi connectivity index (χ4v) is 3.75. The van der Waals surface area contributed by atoms with Gasteiger partial charge in [-0.1, -0.05) is 17.7 Å². The molecule has 2 heterocycles. The summed E-state index contributed by atoms with van der Waals surface area (Å²) in [4.78, 5) is 26.7. The maximum atomic E-state index is 13.5. The van der Waals surface area contributed by atoms with Crippen LogP contribution in [0, 0.1) is 5.82 Å². The highest BCUT2D eigenvalue weighted by Gasteiger charge is 2.43. The lowest BCUT2D eigenvalue weighted by Crippen LogP contribution is -2.37. The molecule has 0 aliphatic carbocycles. The minimum atomic E-state index is -0.600. The molecule has 144 valence electrons. The molecule has 0 fully saturated rings. The van der Waals surface area contributed by atoms with E-state index >= 15 is 0 Å². The van der Waals surface area contributed by atoms with Crippen molar-refractivity contribution in [1.29, 1.82) is 0 Å². The van der Waals surface area contributed by atoms with Crippen molar-refractivity contribution in [2.75, 3.05) is 18.6 Å². The lowest BCUT2D eigenvalue weighted by Gasteiger charge is -2.32. The minimum absolute atomic E-state index is 0.00312. The van der Waals surface area contributed by atoms with Crippen LogP contribution in [0.4, 0.5) is 10.1 Å². The number of rotatable bonds is 3. The number of carbonyl (C=O) groups is 2. The van der Waals surface area contributed by atoms with E-state index in [9.17, 15) is 19.1 Å². The zero-order valence-corrected chi connectivity index (χ0v) is 15.5. The van der Waals surface area contributed by atoms with Crippen molar-refractivity contribution >= 4 is 29.2 Å². The number of aromatic hydroxyl groups is 1. The smallest absolute Gasteiger partial charge is 0.336 e. The second-order valence-electron chi connectivity index (χ2n) is 6.45. The average molecular weight is 404 g/mol. The van der Waals surface area contributed by atoms with E-state index in [0.717, 1.165) is 0 Å². The summed E-state index contributed by atoms with van der Waals surface area (Å²) in [5.74, 6) is -1.74. The van der Waals surface area contributed by atoms with E-state index < -0.39 is 17.7 Å². The highest BCUT2D eigenvalue weighted by Crippen LogP contribution is 2.43. The van der Waals surface area contributed by atoms with Gasteiger partial charge in [0, 0.05) is 12.3 Å². The Morgan fingerprint density at radius 1 is 1.25 bits per heavy atom. The van der Waals surface area contributed by atoms with Gasteiger partial charge >= 0.3 is 5.97 Å². The number of carbonyl (C=O) groups excluding carboxylic acids is 2. The van der Waals surface area contributed by atoms with Crippen molar-refractivity contribution in [2.24, 2.45) is 0 Å². The Morgan fingerprint density at radius 3 is 2.75 bits per heavy atom. The SMILES string of the molecule is COc1cc([C@H]2CC(=O)N(c3ccc(F)c(Cl)c3)C3=C2C(=O)OC3)ccc1O. The summed E-state index contributed by atoms with van der Waals surface area (Å²) in [6.45, 7) is -0.0688. The van der Waals surface area contributed by atoms with E-state index in [4.69, 9.17) is 21.1 Å². The van der Waals surface area contributed by atoms with Crippen LogP contribution in [0.5, 0.6) is 11.5 Å². The highest BCUT2D eigenvalue weighted by atomic mass is 35.5. The number of anilines is 1. The summed E-state index contributed by atoms with van der Waals surface area (Å²) in [5, 5.41) is 9.69. The first kappa shape index (κ1) is 18.3. The summed E-state index contributed by atoms with van der Waals surface area (Å²) >= 11 is 5.86. The first-order valence-corrected chi connectivity index (χ1v) is 8.83. The molecular formula is C20H15ClFNO5. The first-order chi connectivity index (χ1) is 13.4. The van der Waals surface area contributed by atoms with Crippen LogP contribution in [0.15, 0.2) is 47.7 Å². The van der Waals surface area contributed by atoms with Crippen LogP contribution in [0.25, 0.3) is 0 Å². The molecule has 0 bridgehead atoms. The van der Waals surface area contributed by atoms with Gasteiger partial charge in [-0.3, -0.25) is 9.69 Å². The fourth-order valence-electron chi connectivity index (χ4n) is 3.57. The third kappa shape index (κ3) is 2.88. The monoisotopic (exact) mass is 403 g/mol. The van der Waals surface area contributed by atoms with Crippen LogP contribution in [-0.2, 0) is 14.3 Å². The zero-order valence-electron chi connectivity index (χ0n) is 14.7. The molecule has 1 amide bonds. The summed E-state index contributed by atoms with van der Waals surface area (Å²) in [7, 11) is 1.42. The number of benzene rings is 2. The van der Waals surface area contributed by atoms with Gasteiger partial charge in [0.15, 0.2) is 11.5 Å². The Balaban J connectivity index is 1.82. The first-order valence-electron chi connectivity index (χ1n) is 8.45. The molecule has 2 aromatic carbocycles. The Kier molecular flexibility index (Phi) is 4.47. The highest BCUT2D eigenvalue weighted by molar-refractivity contribution is 6.31. The molecule has 1 N–H and O–H groups in total. The molecule has 2 aliphatic heterocycles. The molecule has 0 aromatic heterocycles. The van der Waals surface area contributed by atoms with Crippen molar-refractivity contribution in [3.05, 3.63) is 64.1 Å². The van der Waals surface area contributed by atoms with E-state index in [2.05, 4.69) is 0 Å². The van der Waals surface area contributed by atoms with Gasteiger partial charge in [-0.15, -0.1) is 0 Å². The minimum Gasteiger partial charge on any atom is -0.504 e. The summed E-state index contributed by atoms with van der Waals surface area (Å²) in [6, 6.07) is 8.61. The van der Waals surface area contributed by atoms with Crippen LogP contribution >= 0.6 is 11.6 Å². The quantitative estimate of drug-likeness (QED) is 0.793. The van der Waals surface area contributed by atoms with E-state index in [1.54, 1.807) is 12.1 Å². The van der Waals surface area contributed by atoms with Crippen LogP contribution in [0.3, 0.4) is 0 Å². The molecule has 2 aromatic rings. The van der Waals surface area contributed by atoms with Gasteiger partial charge in [-0.05, 0) is 35.9 Å². The summed E-state index contributed by atoms with van der Waals surface area (Å²) in [6.07, 6.45) is -0.00312. The largest absolute Gasteiger partial charge is 0.504 e. The predicted molar refractivity (Wildman–Crippen MR) is 98.9 cm³/mol. The van der Waals surface area contributed by atoms with Crippen LogP contribution < -0.4 is 9.64 Å². The maximum Gasteiger partial charge on any atom is 0.336 e. The molecule has 8 heteroatoms. The van der Waals surface area contributed by atoms with E-state index in [0.29, 0.717) is 22.5 Å². The number of ether oxygens (including phenoxy) is 2. The van der Waals surface area contributed by atoms with Crippen molar-refractivity contribution in [1.82, 2.24) is 0 Å². The molecule has 0 saturated heterocycles. The number of halogens is 2. The van der Waals surface area contributed by atoms with Crippen LogP contribution in [0.1, 0.15) is 17.9 Å². The molecular weight excluding hydrogens is 389 g/mol. The molecule has 1 atom stereocenters. The number of nitrogens with zero attached hydrogens (tertiary/aromatic N) is 1. The van der Waals surface area contributed by atoms with Crippen molar-refractivity contribution in [3.63, 3.8) is 0 Å². The zero-order chi connectivity index (χ0) is 20.0. The molecule has 6 nitrogen and oxygen atoms in total. The number of hydrogen-bond acceptors (Lipinski definition) is 5. The van der Waals surface area contributed by atoms with Gasteiger partial charge in [0.2, 0.25) is 5.91 Å². The lowest BCUT2D eigenvalue weighted by molar-refractivity contribution is -0.136. The third-order valence-corrected chi connectivity index (χ3v) is 5.17. The Bertz CT molecular complexity index is 1040. The molecule has 4 rings (SSSR count). The van der Waals surface area contributed by atoms with Gasteiger partial charge in [-0.2, -0.15) is 0 Å². The van der Waals surface area contributed by atoms with Gasteiger partial charge in [0.1, 0.15) is 12.4 Å². The maximum absolute atomic E-state index is 13.5. The van der Waals surface area contributed by atoms with Crippen molar-refractivity contribution in [2.45, 2.75) is 12.3 Å². The molecule has 0 radical (unpaired) electrons. The molecule has 0 spiro atoms. The predicted octanol–water partition coefficient (Wildman–Crippen LogP) is 3.52. The van der Waals surface area contributed by atoms with Gasteiger partial charge < -0.3 is 14.6 Å².